The van der Waals surface area contributed by atoms with Crippen molar-refractivity contribution in [1.29, 1.82) is 0 Å². The van der Waals surface area contributed by atoms with Crippen molar-refractivity contribution in [3.8, 4) is 17.1 Å². The maximum absolute atomic E-state index is 13.4. The van der Waals surface area contributed by atoms with Gasteiger partial charge in [-0.05, 0) is 68.9 Å². The highest BCUT2D eigenvalue weighted by Gasteiger charge is 2.69. The van der Waals surface area contributed by atoms with E-state index in [1.54, 1.807) is 37.5 Å². The van der Waals surface area contributed by atoms with Crippen molar-refractivity contribution >= 4 is 5.97 Å². The second-order valence-corrected chi connectivity index (χ2v) is 13.8. The van der Waals surface area contributed by atoms with Gasteiger partial charge in [-0.3, -0.25) is 4.98 Å². The Morgan fingerprint density at radius 3 is 2.65 bits per heavy atom. The minimum atomic E-state index is -1.28. The highest BCUT2D eigenvalue weighted by molar-refractivity contribution is 5.93. The molecule has 10 nitrogen and oxygen atoms in total. The lowest BCUT2D eigenvalue weighted by Gasteiger charge is -2.66. The molecule has 4 aliphatic carbocycles. The van der Waals surface area contributed by atoms with Crippen LogP contribution < -0.4 is 10.4 Å². The van der Waals surface area contributed by atoms with Gasteiger partial charge in [0.1, 0.15) is 28.8 Å². The van der Waals surface area contributed by atoms with Gasteiger partial charge in [0.05, 0.1) is 18.8 Å². The summed E-state index contributed by atoms with van der Waals surface area (Å²) in [6.45, 7) is 5.96. The lowest BCUT2D eigenvalue weighted by atomic mass is 9.42. The summed E-state index contributed by atoms with van der Waals surface area (Å²) >= 11 is 0. The molecule has 3 fully saturated rings. The molecule has 5 aliphatic rings. The molecule has 43 heavy (non-hydrogen) atoms. The normalized spacial score (nSPS) is 38.5. The fourth-order valence-electron chi connectivity index (χ4n) is 8.44. The number of pyridine rings is 1. The van der Waals surface area contributed by atoms with Crippen LogP contribution in [0.5, 0.6) is 5.75 Å². The van der Waals surface area contributed by atoms with E-state index in [-0.39, 0.29) is 41.5 Å². The average Bonchev–Trinajstić information content (AvgIpc) is 3.88. The highest BCUT2D eigenvalue weighted by atomic mass is 16.6. The molecule has 230 valence electrons. The Labute approximate surface area is 249 Å². The third-order valence-electron chi connectivity index (χ3n) is 11.1. The van der Waals surface area contributed by atoms with Gasteiger partial charge < -0.3 is 33.9 Å². The monoisotopic (exact) mass is 593 g/mol. The van der Waals surface area contributed by atoms with Crippen LogP contribution in [0.2, 0.25) is 0 Å². The van der Waals surface area contributed by atoms with E-state index in [0.29, 0.717) is 36.8 Å². The zero-order valence-corrected chi connectivity index (χ0v) is 24.7. The van der Waals surface area contributed by atoms with E-state index in [1.807, 2.05) is 13.0 Å². The molecule has 10 heteroatoms. The smallest absolute Gasteiger partial charge is 0.345 e. The number of fused-ring (bicyclic) bond motifs is 4. The average molecular weight is 594 g/mol. The predicted octanol–water partition coefficient (Wildman–Crippen LogP) is 3.68. The number of aliphatic hydroxyl groups is 3. The molecule has 0 aromatic carbocycles. The SMILES string of the molecule is C[C@]12CC[C@H](OC(=O)C3=CC3)[C@@](C)(COC(O)C3CC3)C1C[C@H](O)[C@@]1(C)Oc3cc(-c4cccnc4)oc(=O)c3[C@H](O)C21. The molecule has 3 heterocycles. The minimum Gasteiger partial charge on any atom is -0.484 e. The zero-order valence-electron chi connectivity index (χ0n) is 24.7. The molecule has 3 saturated carbocycles. The lowest BCUT2D eigenvalue weighted by molar-refractivity contribution is -0.274. The number of hydrogen-bond donors (Lipinski definition) is 3. The van der Waals surface area contributed by atoms with Crippen LogP contribution in [0.3, 0.4) is 0 Å². The van der Waals surface area contributed by atoms with Crippen LogP contribution in [0, 0.1) is 28.6 Å². The number of aromatic nitrogens is 1. The van der Waals surface area contributed by atoms with Crippen LogP contribution in [0.25, 0.3) is 11.3 Å². The van der Waals surface area contributed by atoms with Gasteiger partial charge in [-0.1, -0.05) is 19.9 Å². The number of esters is 1. The number of allylic oxidation sites excluding steroid dienone is 1. The van der Waals surface area contributed by atoms with Crippen LogP contribution in [-0.2, 0) is 14.3 Å². The van der Waals surface area contributed by atoms with Crippen molar-refractivity contribution in [2.45, 2.75) is 89.5 Å². The molecule has 3 unspecified atom stereocenters. The first-order valence-corrected chi connectivity index (χ1v) is 15.3. The Bertz CT molecular complexity index is 1520. The molecule has 1 aliphatic heterocycles. The number of ether oxygens (including phenoxy) is 3. The quantitative estimate of drug-likeness (QED) is 0.321. The van der Waals surface area contributed by atoms with Crippen LogP contribution in [0.4, 0.5) is 0 Å². The van der Waals surface area contributed by atoms with Gasteiger partial charge in [-0.2, -0.15) is 0 Å². The minimum absolute atomic E-state index is 0.0283. The van der Waals surface area contributed by atoms with Crippen molar-refractivity contribution in [3.63, 3.8) is 0 Å². The van der Waals surface area contributed by atoms with Gasteiger partial charge >= 0.3 is 11.6 Å². The van der Waals surface area contributed by atoms with Crippen molar-refractivity contribution in [2.75, 3.05) is 6.61 Å². The molecule has 7 rings (SSSR count). The Morgan fingerprint density at radius 2 is 1.98 bits per heavy atom. The van der Waals surface area contributed by atoms with E-state index in [1.165, 1.54) is 0 Å². The van der Waals surface area contributed by atoms with Gasteiger partial charge in [0, 0.05) is 46.8 Å². The van der Waals surface area contributed by atoms with Gasteiger partial charge in [-0.15, -0.1) is 0 Å². The van der Waals surface area contributed by atoms with Gasteiger partial charge in [0.25, 0.3) is 0 Å². The molecule has 0 amide bonds. The summed E-state index contributed by atoms with van der Waals surface area (Å²) in [6, 6.07) is 5.07. The number of carbonyl (C=O) groups excluding carboxylic acids is 1. The third kappa shape index (κ3) is 4.56. The second kappa shape index (κ2) is 9.99. The maximum Gasteiger partial charge on any atom is 0.345 e. The summed E-state index contributed by atoms with van der Waals surface area (Å²) in [5.74, 6) is -0.809. The summed E-state index contributed by atoms with van der Waals surface area (Å²) in [7, 11) is 0. The molecular weight excluding hydrogens is 554 g/mol. The summed E-state index contributed by atoms with van der Waals surface area (Å²) in [5.41, 5.74) is -2.13. The fourth-order valence-corrected chi connectivity index (χ4v) is 8.44. The summed E-state index contributed by atoms with van der Waals surface area (Å²) < 4.78 is 24.3. The summed E-state index contributed by atoms with van der Waals surface area (Å²) in [6.07, 6.45) is 5.02. The van der Waals surface area contributed by atoms with E-state index < -0.39 is 52.6 Å². The molecule has 0 radical (unpaired) electrons. The molecule has 3 N–H and O–H groups in total. The number of aliphatic hydroxyl groups excluding tert-OH is 3. The standard InChI is InChI=1S/C33H39NO9/c1-31-11-10-24(42-29(38)18-8-9-18)32(2,16-40-28(37)17-6-7-17)22(31)14-23(35)33(3)27(31)26(36)25-21(43-33)13-20(41-30(25)39)19-5-4-12-34-15-19/h4-5,8,12-13,15,17,22-24,26-28,35-37H,6-7,9-11,14,16H2,1-3H3/t22?,23-,24-,26-,27?,28?,31-,32-,33+/m0/s1. The summed E-state index contributed by atoms with van der Waals surface area (Å²) in [4.78, 5) is 30.3. The maximum atomic E-state index is 13.4. The second-order valence-electron chi connectivity index (χ2n) is 13.8. The Kier molecular flexibility index (Phi) is 6.67. The molecular formula is C33H39NO9. The Morgan fingerprint density at radius 1 is 1.21 bits per heavy atom. The van der Waals surface area contributed by atoms with Crippen molar-refractivity contribution in [3.05, 3.63) is 58.2 Å². The van der Waals surface area contributed by atoms with Crippen molar-refractivity contribution in [2.24, 2.45) is 28.6 Å². The molecule has 0 saturated heterocycles. The number of rotatable bonds is 7. The van der Waals surface area contributed by atoms with Crippen LogP contribution in [0.15, 0.2) is 51.5 Å². The Hall–Kier alpha value is -3.05. The van der Waals surface area contributed by atoms with Gasteiger partial charge in [0.2, 0.25) is 0 Å². The van der Waals surface area contributed by atoms with Gasteiger partial charge in [-0.25, -0.2) is 9.59 Å². The van der Waals surface area contributed by atoms with Crippen LogP contribution in [-0.4, -0.2) is 57.0 Å². The molecule has 9 atom stereocenters. The zero-order chi connectivity index (χ0) is 30.3. The predicted molar refractivity (Wildman–Crippen MR) is 153 cm³/mol. The number of nitrogens with zero attached hydrogens (tertiary/aromatic N) is 1. The lowest BCUT2D eigenvalue weighted by Crippen LogP contribution is -2.71. The summed E-state index contributed by atoms with van der Waals surface area (Å²) in [5, 5.41) is 34.5. The van der Waals surface area contributed by atoms with Gasteiger partial charge in [0.15, 0.2) is 6.29 Å². The first kappa shape index (κ1) is 28.7. The van der Waals surface area contributed by atoms with E-state index in [4.69, 9.17) is 18.6 Å². The van der Waals surface area contributed by atoms with E-state index in [9.17, 15) is 24.9 Å². The van der Waals surface area contributed by atoms with E-state index in [0.717, 1.165) is 12.8 Å². The molecule has 2 aromatic heterocycles. The van der Waals surface area contributed by atoms with Crippen LogP contribution >= 0.6 is 0 Å². The largest absolute Gasteiger partial charge is 0.484 e. The van der Waals surface area contributed by atoms with E-state index in [2.05, 4.69) is 11.9 Å². The first-order chi connectivity index (χ1) is 20.5. The number of carbonyl (C=O) groups is 1. The van der Waals surface area contributed by atoms with Crippen LogP contribution in [0.1, 0.15) is 71.0 Å². The van der Waals surface area contributed by atoms with Crippen molar-refractivity contribution in [1.82, 2.24) is 4.98 Å². The highest BCUT2D eigenvalue weighted by Crippen LogP contribution is 2.67. The fraction of sp³-hybridized carbons (Fsp3) is 0.606. The molecule has 2 aromatic rings. The molecule has 0 spiro atoms. The first-order valence-electron chi connectivity index (χ1n) is 15.3. The van der Waals surface area contributed by atoms with Crippen molar-refractivity contribution < 1.29 is 38.7 Å². The third-order valence-corrected chi connectivity index (χ3v) is 11.1. The Balaban J connectivity index is 1.27. The van der Waals surface area contributed by atoms with E-state index >= 15 is 0 Å². The number of hydrogen-bond acceptors (Lipinski definition) is 10. The topological polar surface area (TPSA) is 149 Å². The molecule has 0 bridgehead atoms.